The molecule has 0 amide bonds. The van der Waals surface area contributed by atoms with Gasteiger partial charge in [0.2, 0.25) is 0 Å². The van der Waals surface area contributed by atoms with Crippen LogP contribution in [0.15, 0.2) is 24.3 Å². The number of hydrogen-bond acceptors (Lipinski definition) is 1. The first-order valence-electron chi connectivity index (χ1n) is 5.59. The molecule has 76 valence electrons. The lowest BCUT2D eigenvalue weighted by Crippen LogP contribution is -2.21. The van der Waals surface area contributed by atoms with E-state index in [-0.39, 0.29) is 0 Å². The lowest BCUT2D eigenvalue weighted by molar-refractivity contribution is 0.556. The predicted molar refractivity (Wildman–Crippen MR) is 61.6 cm³/mol. The van der Waals surface area contributed by atoms with Crippen LogP contribution >= 0.6 is 0 Å². The van der Waals surface area contributed by atoms with Gasteiger partial charge < -0.3 is 5.32 Å². The summed E-state index contributed by atoms with van der Waals surface area (Å²) in [4.78, 5) is 0. The molecule has 1 N–H and O–H groups in total. The Labute approximate surface area is 86.5 Å². The third kappa shape index (κ3) is 2.09. The van der Waals surface area contributed by atoms with Crippen molar-refractivity contribution in [2.45, 2.75) is 39.2 Å². The molecule has 1 aliphatic carbocycles. The van der Waals surface area contributed by atoms with Crippen LogP contribution in [0.3, 0.4) is 0 Å². The molecule has 0 aliphatic heterocycles. The minimum Gasteiger partial charge on any atom is -0.382 e. The minimum absolute atomic E-state index is 0.691. The Balaban J connectivity index is 2.03. The van der Waals surface area contributed by atoms with Gasteiger partial charge in [-0.25, -0.2) is 0 Å². The number of rotatable bonds is 2. The zero-order chi connectivity index (χ0) is 9.97. The van der Waals surface area contributed by atoms with Crippen LogP contribution in [-0.2, 0) is 0 Å². The van der Waals surface area contributed by atoms with Crippen LogP contribution in [0, 0.1) is 12.8 Å². The molecule has 14 heavy (non-hydrogen) atoms. The van der Waals surface area contributed by atoms with Gasteiger partial charge in [-0.05, 0) is 43.4 Å². The molecule has 2 rings (SSSR count). The first kappa shape index (κ1) is 9.57. The summed E-state index contributed by atoms with van der Waals surface area (Å²) in [5.74, 6) is 0.829. The monoisotopic (exact) mass is 189 g/mol. The summed E-state index contributed by atoms with van der Waals surface area (Å²) < 4.78 is 0. The highest BCUT2D eigenvalue weighted by molar-refractivity contribution is 5.46. The summed E-state index contributed by atoms with van der Waals surface area (Å²) in [5.41, 5.74) is 2.62. The van der Waals surface area contributed by atoms with Crippen molar-refractivity contribution in [3.8, 4) is 0 Å². The maximum absolute atomic E-state index is 3.63. The molecule has 1 aromatic carbocycles. The second-order valence-corrected chi connectivity index (χ2v) is 4.53. The van der Waals surface area contributed by atoms with Crippen LogP contribution in [0.1, 0.15) is 31.7 Å². The molecule has 0 spiro atoms. The van der Waals surface area contributed by atoms with Crippen molar-refractivity contribution in [3.05, 3.63) is 29.8 Å². The van der Waals surface area contributed by atoms with E-state index >= 15 is 0 Å². The van der Waals surface area contributed by atoms with Crippen LogP contribution in [0.25, 0.3) is 0 Å². The van der Waals surface area contributed by atoms with Gasteiger partial charge in [0, 0.05) is 11.7 Å². The molecule has 1 nitrogen and oxygen atoms in total. The van der Waals surface area contributed by atoms with Crippen LogP contribution in [-0.4, -0.2) is 6.04 Å². The van der Waals surface area contributed by atoms with Crippen LogP contribution in [0.5, 0.6) is 0 Å². The molecule has 1 aromatic rings. The van der Waals surface area contributed by atoms with Crippen molar-refractivity contribution in [3.63, 3.8) is 0 Å². The molecule has 0 heterocycles. The van der Waals surface area contributed by atoms with Gasteiger partial charge in [0.15, 0.2) is 0 Å². The minimum atomic E-state index is 0.691. The lowest BCUT2D eigenvalue weighted by Gasteiger charge is -2.18. The van der Waals surface area contributed by atoms with E-state index in [1.807, 2.05) is 0 Å². The van der Waals surface area contributed by atoms with E-state index in [0.717, 1.165) is 5.92 Å². The zero-order valence-electron chi connectivity index (χ0n) is 9.09. The Hall–Kier alpha value is -0.980. The molecule has 0 bridgehead atoms. The van der Waals surface area contributed by atoms with E-state index in [1.54, 1.807) is 0 Å². The molecule has 0 unspecified atom stereocenters. The lowest BCUT2D eigenvalue weighted by atomic mass is 10.1. The Kier molecular flexibility index (Phi) is 2.76. The SMILES string of the molecule is Cc1cccc(N[C@H]2CCC[C@@H]2C)c1. The van der Waals surface area contributed by atoms with Gasteiger partial charge in [-0.15, -0.1) is 0 Å². The van der Waals surface area contributed by atoms with Gasteiger partial charge in [0.05, 0.1) is 0 Å². The third-order valence-electron chi connectivity index (χ3n) is 3.23. The maximum Gasteiger partial charge on any atom is 0.0345 e. The van der Waals surface area contributed by atoms with E-state index in [4.69, 9.17) is 0 Å². The molecule has 0 aromatic heterocycles. The second kappa shape index (κ2) is 4.04. The Morgan fingerprint density at radius 3 is 2.79 bits per heavy atom. The average molecular weight is 189 g/mol. The molecule has 0 saturated heterocycles. The molecule has 1 saturated carbocycles. The predicted octanol–water partition coefficient (Wildman–Crippen LogP) is 3.60. The summed E-state index contributed by atoms with van der Waals surface area (Å²) >= 11 is 0. The van der Waals surface area contributed by atoms with Gasteiger partial charge in [-0.3, -0.25) is 0 Å². The Morgan fingerprint density at radius 1 is 1.29 bits per heavy atom. The summed E-state index contributed by atoms with van der Waals surface area (Å²) in [6.45, 7) is 4.49. The molecular formula is C13H19N. The van der Waals surface area contributed by atoms with Crippen molar-refractivity contribution in [2.75, 3.05) is 5.32 Å². The number of anilines is 1. The molecule has 1 heteroatoms. The van der Waals surface area contributed by atoms with Crippen LogP contribution in [0.2, 0.25) is 0 Å². The molecular weight excluding hydrogens is 170 g/mol. The fraction of sp³-hybridized carbons (Fsp3) is 0.538. The van der Waals surface area contributed by atoms with Crippen molar-refractivity contribution in [1.82, 2.24) is 0 Å². The highest BCUT2D eigenvalue weighted by Crippen LogP contribution is 2.27. The topological polar surface area (TPSA) is 12.0 Å². The highest BCUT2D eigenvalue weighted by atomic mass is 14.9. The van der Waals surface area contributed by atoms with Gasteiger partial charge in [0.25, 0.3) is 0 Å². The van der Waals surface area contributed by atoms with Crippen molar-refractivity contribution in [1.29, 1.82) is 0 Å². The Morgan fingerprint density at radius 2 is 2.14 bits per heavy atom. The standard InChI is InChI=1S/C13H19N/c1-10-5-3-7-12(9-10)14-13-8-4-6-11(13)2/h3,5,7,9,11,13-14H,4,6,8H2,1-2H3/t11-,13-/m0/s1. The smallest absolute Gasteiger partial charge is 0.0345 e. The fourth-order valence-corrected chi connectivity index (χ4v) is 2.31. The average Bonchev–Trinajstić information content (AvgIpc) is 2.52. The van der Waals surface area contributed by atoms with Crippen molar-refractivity contribution >= 4 is 5.69 Å². The normalized spacial score (nSPS) is 26.4. The fourth-order valence-electron chi connectivity index (χ4n) is 2.31. The number of benzene rings is 1. The largest absolute Gasteiger partial charge is 0.382 e. The van der Waals surface area contributed by atoms with Gasteiger partial charge in [-0.1, -0.05) is 25.5 Å². The van der Waals surface area contributed by atoms with Crippen molar-refractivity contribution < 1.29 is 0 Å². The van der Waals surface area contributed by atoms with Gasteiger partial charge >= 0.3 is 0 Å². The summed E-state index contributed by atoms with van der Waals surface area (Å²) in [6, 6.07) is 9.35. The highest BCUT2D eigenvalue weighted by Gasteiger charge is 2.22. The first-order chi connectivity index (χ1) is 6.75. The molecule has 1 aliphatic rings. The van der Waals surface area contributed by atoms with E-state index in [1.165, 1.54) is 30.5 Å². The number of hydrogen-bond donors (Lipinski definition) is 1. The quantitative estimate of drug-likeness (QED) is 0.749. The van der Waals surface area contributed by atoms with Gasteiger partial charge in [-0.2, -0.15) is 0 Å². The summed E-state index contributed by atoms with van der Waals surface area (Å²) in [5, 5.41) is 3.63. The summed E-state index contributed by atoms with van der Waals surface area (Å²) in [7, 11) is 0. The maximum atomic E-state index is 3.63. The number of aryl methyl sites for hydroxylation is 1. The Bertz CT molecular complexity index is 306. The third-order valence-corrected chi connectivity index (χ3v) is 3.23. The van der Waals surface area contributed by atoms with E-state index in [0.29, 0.717) is 6.04 Å². The molecule has 0 radical (unpaired) electrons. The van der Waals surface area contributed by atoms with Gasteiger partial charge in [0.1, 0.15) is 0 Å². The molecule has 2 atom stereocenters. The van der Waals surface area contributed by atoms with E-state index < -0.39 is 0 Å². The zero-order valence-corrected chi connectivity index (χ0v) is 9.09. The summed E-state index contributed by atoms with van der Waals surface area (Å²) in [6.07, 6.45) is 4.09. The van der Waals surface area contributed by atoms with Crippen LogP contribution < -0.4 is 5.32 Å². The number of nitrogens with one attached hydrogen (secondary N) is 1. The second-order valence-electron chi connectivity index (χ2n) is 4.53. The van der Waals surface area contributed by atoms with Crippen molar-refractivity contribution in [2.24, 2.45) is 5.92 Å². The van der Waals surface area contributed by atoms with E-state index in [2.05, 4.69) is 43.4 Å². The first-order valence-corrected chi connectivity index (χ1v) is 5.59. The van der Waals surface area contributed by atoms with E-state index in [9.17, 15) is 0 Å². The van der Waals surface area contributed by atoms with Crippen LogP contribution in [0.4, 0.5) is 5.69 Å². The molecule has 1 fully saturated rings.